The third-order valence-corrected chi connectivity index (χ3v) is 2.18. The molecule has 2 heterocycles. The lowest BCUT2D eigenvalue weighted by molar-refractivity contribution is 0.102. The first kappa shape index (κ1) is 11.1. The first-order chi connectivity index (χ1) is 8.15. The Morgan fingerprint density at radius 2 is 2.12 bits per heavy atom. The molecule has 5 nitrogen and oxygen atoms in total. The van der Waals surface area contributed by atoms with Gasteiger partial charge in [0.25, 0.3) is 5.91 Å². The van der Waals surface area contributed by atoms with Crippen LogP contribution in [0.25, 0.3) is 0 Å². The summed E-state index contributed by atoms with van der Waals surface area (Å²) in [6.45, 7) is 1.86. The van der Waals surface area contributed by atoms with Gasteiger partial charge in [-0.3, -0.25) is 4.79 Å². The molecule has 0 aliphatic rings. The molecule has 2 rings (SSSR count). The Bertz CT molecular complexity index is 536. The predicted octanol–water partition coefficient (Wildman–Crippen LogP) is 1.62. The van der Waals surface area contributed by atoms with E-state index >= 15 is 0 Å². The van der Waals surface area contributed by atoms with E-state index < -0.39 is 0 Å². The normalized spacial score (nSPS) is 9.94. The lowest BCUT2D eigenvalue weighted by Gasteiger charge is -2.04. The Hall–Kier alpha value is -2.43. The van der Waals surface area contributed by atoms with E-state index in [0.29, 0.717) is 17.2 Å². The summed E-state index contributed by atoms with van der Waals surface area (Å²) in [6.07, 6.45) is 1.43. The van der Waals surface area contributed by atoms with E-state index in [4.69, 9.17) is 5.73 Å². The molecule has 2 aromatic rings. The molecule has 0 atom stereocenters. The molecule has 0 spiro atoms. The van der Waals surface area contributed by atoms with Gasteiger partial charge in [-0.2, -0.15) is 0 Å². The minimum Gasteiger partial charge on any atom is -0.384 e. The quantitative estimate of drug-likeness (QED) is 0.818. The Morgan fingerprint density at radius 3 is 2.76 bits per heavy atom. The highest BCUT2D eigenvalue weighted by Crippen LogP contribution is 2.07. The Labute approximate surface area is 98.7 Å². The highest BCUT2D eigenvalue weighted by atomic mass is 16.1. The summed E-state index contributed by atoms with van der Waals surface area (Å²) >= 11 is 0. The van der Waals surface area contributed by atoms with Crippen LogP contribution >= 0.6 is 0 Å². The molecule has 86 valence electrons. The van der Waals surface area contributed by atoms with Crippen molar-refractivity contribution in [2.24, 2.45) is 0 Å². The monoisotopic (exact) mass is 228 g/mol. The van der Waals surface area contributed by atoms with Crippen LogP contribution in [0.5, 0.6) is 0 Å². The van der Waals surface area contributed by atoms with Gasteiger partial charge in [0.2, 0.25) is 0 Å². The SMILES string of the molecule is Cc1cccc(NC(=O)c2ccc(N)nc2)n1. The molecule has 17 heavy (non-hydrogen) atoms. The van der Waals surface area contributed by atoms with Crippen molar-refractivity contribution < 1.29 is 4.79 Å². The molecule has 0 aromatic carbocycles. The number of aryl methyl sites for hydroxylation is 1. The first-order valence-electron chi connectivity index (χ1n) is 5.12. The van der Waals surface area contributed by atoms with Crippen LogP contribution < -0.4 is 11.1 Å². The number of hydrogen-bond acceptors (Lipinski definition) is 4. The van der Waals surface area contributed by atoms with E-state index in [9.17, 15) is 4.79 Å². The lowest BCUT2D eigenvalue weighted by Crippen LogP contribution is -2.13. The van der Waals surface area contributed by atoms with Gasteiger partial charge < -0.3 is 11.1 Å². The molecule has 2 aromatic heterocycles. The van der Waals surface area contributed by atoms with Crippen LogP contribution in [0.1, 0.15) is 16.1 Å². The van der Waals surface area contributed by atoms with Crippen molar-refractivity contribution >= 4 is 17.5 Å². The van der Waals surface area contributed by atoms with Crippen LogP contribution in [0.4, 0.5) is 11.6 Å². The van der Waals surface area contributed by atoms with Crippen LogP contribution in [0.15, 0.2) is 36.5 Å². The van der Waals surface area contributed by atoms with Gasteiger partial charge >= 0.3 is 0 Å². The molecule has 0 saturated carbocycles. The average Bonchev–Trinajstić information content (AvgIpc) is 2.29. The smallest absolute Gasteiger partial charge is 0.258 e. The van der Waals surface area contributed by atoms with Gasteiger partial charge in [0.1, 0.15) is 11.6 Å². The number of nitrogens with two attached hydrogens (primary N) is 1. The number of anilines is 2. The van der Waals surface area contributed by atoms with E-state index in [1.807, 2.05) is 19.1 Å². The minimum absolute atomic E-state index is 0.254. The standard InChI is InChI=1S/C12H12N4O/c1-8-3-2-4-11(15-8)16-12(17)9-5-6-10(13)14-7-9/h2-7H,1H3,(H2,13,14)(H,15,16,17). The Kier molecular flexibility index (Phi) is 3.00. The Morgan fingerprint density at radius 1 is 1.29 bits per heavy atom. The third-order valence-electron chi connectivity index (χ3n) is 2.18. The van der Waals surface area contributed by atoms with E-state index in [0.717, 1.165) is 5.69 Å². The van der Waals surface area contributed by atoms with Gasteiger partial charge in [0.15, 0.2) is 0 Å². The lowest BCUT2D eigenvalue weighted by atomic mass is 10.2. The number of nitrogen functional groups attached to an aromatic ring is 1. The summed E-state index contributed by atoms with van der Waals surface area (Å²) in [5, 5.41) is 2.69. The van der Waals surface area contributed by atoms with Gasteiger partial charge in [0, 0.05) is 11.9 Å². The van der Waals surface area contributed by atoms with E-state index in [1.54, 1.807) is 18.2 Å². The van der Waals surface area contributed by atoms with Crippen molar-refractivity contribution in [3.63, 3.8) is 0 Å². The highest BCUT2D eigenvalue weighted by Gasteiger charge is 2.06. The molecule has 0 fully saturated rings. The van der Waals surface area contributed by atoms with Gasteiger partial charge in [0.05, 0.1) is 5.56 Å². The summed E-state index contributed by atoms with van der Waals surface area (Å²) in [4.78, 5) is 19.8. The number of aromatic nitrogens is 2. The molecule has 0 bridgehead atoms. The second kappa shape index (κ2) is 4.61. The summed E-state index contributed by atoms with van der Waals surface area (Å²) in [5.74, 6) is 0.651. The number of carbonyl (C=O) groups is 1. The number of carbonyl (C=O) groups excluding carboxylic acids is 1. The zero-order valence-corrected chi connectivity index (χ0v) is 9.34. The van der Waals surface area contributed by atoms with Gasteiger partial charge in [-0.15, -0.1) is 0 Å². The highest BCUT2D eigenvalue weighted by molar-refractivity contribution is 6.03. The number of hydrogen-bond donors (Lipinski definition) is 2. The summed E-state index contributed by atoms with van der Waals surface area (Å²) in [6, 6.07) is 8.63. The summed E-state index contributed by atoms with van der Waals surface area (Å²) in [5.41, 5.74) is 6.74. The Balaban J connectivity index is 2.14. The molecular formula is C12H12N4O. The van der Waals surface area contributed by atoms with Crippen molar-refractivity contribution in [3.05, 3.63) is 47.8 Å². The zero-order valence-electron chi connectivity index (χ0n) is 9.34. The molecule has 0 aliphatic heterocycles. The molecular weight excluding hydrogens is 216 g/mol. The molecule has 5 heteroatoms. The van der Waals surface area contributed by atoms with E-state index in [-0.39, 0.29) is 5.91 Å². The van der Waals surface area contributed by atoms with E-state index in [2.05, 4.69) is 15.3 Å². The number of rotatable bonds is 2. The number of amides is 1. The fraction of sp³-hybridized carbons (Fsp3) is 0.0833. The maximum atomic E-state index is 11.8. The second-order valence-electron chi connectivity index (χ2n) is 3.59. The summed E-state index contributed by atoms with van der Waals surface area (Å²) < 4.78 is 0. The van der Waals surface area contributed by atoms with Gasteiger partial charge in [-0.1, -0.05) is 6.07 Å². The topological polar surface area (TPSA) is 80.9 Å². The van der Waals surface area contributed by atoms with Crippen LogP contribution in [0.3, 0.4) is 0 Å². The fourth-order valence-corrected chi connectivity index (χ4v) is 1.34. The molecule has 1 amide bonds. The van der Waals surface area contributed by atoms with Crippen LogP contribution in [-0.2, 0) is 0 Å². The average molecular weight is 228 g/mol. The van der Waals surface area contributed by atoms with Crippen molar-refractivity contribution in [1.82, 2.24) is 9.97 Å². The van der Waals surface area contributed by atoms with Gasteiger partial charge in [-0.05, 0) is 31.2 Å². The predicted molar refractivity (Wildman–Crippen MR) is 65.6 cm³/mol. The maximum absolute atomic E-state index is 11.8. The first-order valence-corrected chi connectivity index (χ1v) is 5.12. The molecule has 0 unspecified atom stereocenters. The number of nitrogens with zero attached hydrogens (tertiary/aromatic N) is 2. The minimum atomic E-state index is -0.254. The van der Waals surface area contributed by atoms with E-state index in [1.165, 1.54) is 6.20 Å². The molecule has 0 saturated heterocycles. The molecule has 0 radical (unpaired) electrons. The maximum Gasteiger partial charge on any atom is 0.258 e. The third kappa shape index (κ3) is 2.78. The summed E-state index contributed by atoms with van der Waals surface area (Å²) in [7, 11) is 0. The van der Waals surface area contributed by atoms with Gasteiger partial charge in [-0.25, -0.2) is 9.97 Å². The zero-order chi connectivity index (χ0) is 12.3. The molecule has 0 aliphatic carbocycles. The van der Waals surface area contributed by atoms with Crippen molar-refractivity contribution in [1.29, 1.82) is 0 Å². The molecule has 3 N–H and O–H groups in total. The van der Waals surface area contributed by atoms with Crippen LogP contribution in [0, 0.1) is 6.92 Å². The largest absolute Gasteiger partial charge is 0.384 e. The second-order valence-corrected chi connectivity index (χ2v) is 3.59. The fourth-order valence-electron chi connectivity index (χ4n) is 1.34. The van der Waals surface area contributed by atoms with Crippen molar-refractivity contribution in [2.75, 3.05) is 11.1 Å². The van der Waals surface area contributed by atoms with Crippen LogP contribution in [-0.4, -0.2) is 15.9 Å². The van der Waals surface area contributed by atoms with Crippen molar-refractivity contribution in [3.8, 4) is 0 Å². The van der Waals surface area contributed by atoms with Crippen LogP contribution in [0.2, 0.25) is 0 Å². The number of pyridine rings is 2. The van der Waals surface area contributed by atoms with Crippen molar-refractivity contribution in [2.45, 2.75) is 6.92 Å². The number of nitrogens with one attached hydrogen (secondary N) is 1.